The molecule has 34 heavy (non-hydrogen) atoms. The number of aryl methyl sites for hydroxylation is 3. The minimum absolute atomic E-state index is 0.284. The molecule has 8 heteroatoms. The Hall–Kier alpha value is -4.46. The Morgan fingerprint density at radius 1 is 0.853 bits per heavy atom. The summed E-state index contributed by atoms with van der Waals surface area (Å²) in [6.45, 7) is 5.49. The van der Waals surface area contributed by atoms with Gasteiger partial charge in [0.2, 0.25) is 0 Å². The van der Waals surface area contributed by atoms with E-state index in [4.69, 9.17) is 4.52 Å². The van der Waals surface area contributed by atoms with Crippen molar-refractivity contribution in [2.24, 2.45) is 0 Å². The maximum atomic E-state index is 13.4. The molecule has 2 aromatic carbocycles. The topological polar surface area (TPSA) is 93.8 Å². The average Bonchev–Trinajstić information content (AvgIpc) is 3.19. The highest BCUT2D eigenvalue weighted by Crippen LogP contribution is 2.28. The average molecular weight is 453 g/mol. The first-order valence-electron chi connectivity index (χ1n) is 10.6. The van der Waals surface area contributed by atoms with Crippen LogP contribution in [0, 0.1) is 26.6 Å². The number of benzene rings is 2. The van der Waals surface area contributed by atoms with Crippen LogP contribution in [-0.2, 0) is 0 Å². The molecule has 0 radical (unpaired) electrons. The summed E-state index contributed by atoms with van der Waals surface area (Å²) in [4.78, 5) is 26.7. The lowest BCUT2D eigenvalue weighted by molar-refractivity contribution is 0.102. The summed E-state index contributed by atoms with van der Waals surface area (Å²) in [7, 11) is 0. The number of carbonyl (C=O) groups is 1. The van der Waals surface area contributed by atoms with E-state index in [9.17, 15) is 9.18 Å². The van der Waals surface area contributed by atoms with Crippen molar-refractivity contribution in [2.45, 2.75) is 20.8 Å². The van der Waals surface area contributed by atoms with E-state index in [1.54, 1.807) is 38.1 Å². The molecule has 3 heterocycles. The van der Waals surface area contributed by atoms with E-state index in [0.29, 0.717) is 45.2 Å². The van der Waals surface area contributed by atoms with E-state index in [1.165, 1.54) is 12.1 Å². The molecule has 1 N–H and O–H groups in total. The third-order valence-electron chi connectivity index (χ3n) is 5.43. The molecule has 0 saturated heterocycles. The molecule has 0 aliphatic rings. The van der Waals surface area contributed by atoms with Crippen LogP contribution in [0.25, 0.3) is 33.6 Å². The Bertz CT molecular complexity index is 1530. The molecule has 0 fully saturated rings. The molecule has 3 aromatic heterocycles. The fourth-order valence-corrected chi connectivity index (χ4v) is 3.73. The molecule has 7 nitrogen and oxygen atoms in total. The SMILES string of the molecule is Cc1ccc(-c2cc(C(=O)Nc3cc(-c4ccc(F)cc4)nc(C)n3)c3c(C)noc3n2)cc1. The van der Waals surface area contributed by atoms with Crippen LogP contribution < -0.4 is 5.32 Å². The second-order valence-corrected chi connectivity index (χ2v) is 8.02. The fourth-order valence-electron chi connectivity index (χ4n) is 3.73. The fraction of sp³-hybridized carbons (Fsp3) is 0.115. The van der Waals surface area contributed by atoms with Gasteiger partial charge < -0.3 is 9.84 Å². The monoisotopic (exact) mass is 453 g/mol. The molecule has 5 aromatic rings. The molecule has 0 aliphatic carbocycles. The predicted molar refractivity (Wildman–Crippen MR) is 127 cm³/mol. The molecule has 0 saturated carbocycles. The number of pyridine rings is 1. The van der Waals surface area contributed by atoms with Crippen molar-refractivity contribution in [1.29, 1.82) is 0 Å². The number of nitrogens with one attached hydrogen (secondary N) is 1. The number of aromatic nitrogens is 4. The van der Waals surface area contributed by atoms with Gasteiger partial charge in [0.25, 0.3) is 11.6 Å². The van der Waals surface area contributed by atoms with Crippen molar-refractivity contribution < 1.29 is 13.7 Å². The van der Waals surface area contributed by atoms with Crippen LogP contribution >= 0.6 is 0 Å². The van der Waals surface area contributed by atoms with Gasteiger partial charge in [-0.3, -0.25) is 4.79 Å². The van der Waals surface area contributed by atoms with Gasteiger partial charge in [0.15, 0.2) is 0 Å². The van der Waals surface area contributed by atoms with E-state index in [2.05, 4.69) is 25.4 Å². The first-order valence-corrected chi connectivity index (χ1v) is 10.6. The third kappa shape index (κ3) is 4.13. The Kier molecular flexibility index (Phi) is 5.33. The van der Waals surface area contributed by atoms with Gasteiger partial charge in [-0.1, -0.05) is 35.0 Å². The van der Waals surface area contributed by atoms with Crippen LogP contribution in [0.2, 0.25) is 0 Å². The molecule has 0 spiro atoms. The van der Waals surface area contributed by atoms with Crippen LogP contribution in [0.15, 0.2) is 65.2 Å². The van der Waals surface area contributed by atoms with E-state index >= 15 is 0 Å². The maximum absolute atomic E-state index is 13.4. The van der Waals surface area contributed by atoms with Gasteiger partial charge in [0, 0.05) is 17.2 Å². The Labute approximate surface area is 194 Å². The summed E-state index contributed by atoms with van der Waals surface area (Å²) < 4.78 is 18.7. The minimum Gasteiger partial charge on any atom is -0.335 e. The molecule has 5 rings (SSSR count). The van der Waals surface area contributed by atoms with Crippen LogP contribution in [0.5, 0.6) is 0 Å². The van der Waals surface area contributed by atoms with Crippen LogP contribution in [0.3, 0.4) is 0 Å². The molecule has 1 amide bonds. The van der Waals surface area contributed by atoms with Gasteiger partial charge in [-0.15, -0.1) is 0 Å². The van der Waals surface area contributed by atoms with Gasteiger partial charge >= 0.3 is 0 Å². The zero-order chi connectivity index (χ0) is 23.8. The Balaban J connectivity index is 1.54. The summed E-state index contributed by atoms with van der Waals surface area (Å²) in [6.07, 6.45) is 0. The van der Waals surface area contributed by atoms with Crippen molar-refractivity contribution in [3.05, 3.63) is 89.1 Å². The highest BCUT2D eigenvalue weighted by Gasteiger charge is 2.20. The van der Waals surface area contributed by atoms with Gasteiger partial charge in [-0.25, -0.2) is 19.3 Å². The van der Waals surface area contributed by atoms with E-state index in [-0.39, 0.29) is 17.4 Å². The molecule has 0 bridgehead atoms. The zero-order valence-electron chi connectivity index (χ0n) is 18.8. The Morgan fingerprint density at radius 2 is 1.50 bits per heavy atom. The number of hydrogen-bond acceptors (Lipinski definition) is 6. The lowest BCUT2D eigenvalue weighted by Gasteiger charge is -2.10. The van der Waals surface area contributed by atoms with Crippen LogP contribution in [0.4, 0.5) is 10.2 Å². The number of hydrogen-bond donors (Lipinski definition) is 1. The molecule has 0 atom stereocenters. The molecule has 168 valence electrons. The van der Waals surface area contributed by atoms with E-state index < -0.39 is 0 Å². The van der Waals surface area contributed by atoms with Crippen molar-refractivity contribution in [3.8, 4) is 22.5 Å². The number of carbonyl (C=O) groups excluding carboxylic acids is 1. The second kappa shape index (κ2) is 8.47. The van der Waals surface area contributed by atoms with Gasteiger partial charge in [-0.05, 0) is 51.1 Å². The van der Waals surface area contributed by atoms with Gasteiger partial charge in [0.1, 0.15) is 17.5 Å². The smallest absolute Gasteiger partial charge is 0.259 e. The number of rotatable bonds is 4. The van der Waals surface area contributed by atoms with E-state index in [1.807, 2.05) is 31.2 Å². The molecular weight excluding hydrogens is 433 g/mol. The van der Waals surface area contributed by atoms with Crippen molar-refractivity contribution in [3.63, 3.8) is 0 Å². The number of nitrogens with zero attached hydrogens (tertiary/aromatic N) is 4. The van der Waals surface area contributed by atoms with Crippen LogP contribution in [0.1, 0.15) is 27.4 Å². The predicted octanol–water partition coefficient (Wildman–Crippen LogP) is 5.66. The lowest BCUT2D eigenvalue weighted by Crippen LogP contribution is -2.15. The highest BCUT2D eigenvalue weighted by atomic mass is 19.1. The molecular formula is C26H20FN5O2. The van der Waals surface area contributed by atoms with Crippen LogP contribution in [-0.4, -0.2) is 26.0 Å². The third-order valence-corrected chi connectivity index (χ3v) is 5.43. The van der Waals surface area contributed by atoms with Crippen molar-refractivity contribution >= 4 is 22.8 Å². The lowest BCUT2D eigenvalue weighted by atomic mass is 10.0. The first kappa shape index (κ1) is 21.4. The number of fused-ring (bicyclic) bond motifs is 1. The highest BCUT2D eigenvalue weighted by molar-refractivity contribution is 6.12. The van der Waals surface area contributed by atoms with Gasteiger partial charge in [-0.2, -0.15) is 0 Å². The maximum Gasteiger partial charge on any atom is 0.259 e. The summed E-state index contributed by atoms with van der Waals surface area (Å²) in [5.41, 5.74) is 5.08. The van der Waals surface area contributed by atoms with Crippen molar-refractivity contribution in [2.75, 3.05) is 5.32 Å². The minimum atomic E-state index is -0.379. The first-order chi connectivity index (χ1) is 16.4. The summed E-state index contributed by atoms with van der Waals surface area (Å²) in [5, 5.41) is 7.39. The number of anilines is 1. The van der Waals surface area contributed by atoms with E-state index in [0.717, 1.165) is 11.1 Å². The van der Waals surface area contributed by atoms with Crippen molar-refractivity contribution in [1.82, 2.24) is 20.1 Å². The summed E-state index contributed by atoms with van der Waals surface area (Å²) in [5.74, 6) is 0.0831. The number of amides is 1. The quantitative estimate of drug-likeness (QED) is 0.377. The standard InChI is InChI=1S/C26H20FN5O2/c1-14-4-6-17(7-5-14)21-12-20(24-15(2)32-34-26(24)30-21)25(33)31-23-13-22(28-16(3)29-23)18-8-10-19(27)11-9-18/h4-13H,1-3H3,(H,28,29,31,33). The number of halogens is 1. The summed E-state index contributed by atoms with van der Waals surface area (Å²) >= 11 is 0. The van der Waals surface area contributed by atoms with Gasteiger partial charge in [0.05, 0.1) is 28.0 Å². The zero-order valence-corrected chi connectivity index (χ0v) is 18.8. The largest absolute Gasteiger partial charge is 0.335 e. The molecule has 0 unspecified atom stereocenters. The normalized spacial score (nSPS) is 11.1. The molecule has 0 aliphatic heterocycles. The second-order valence-electron chi connectivity index (χ2n) is 8.02. The summed E-state index contributed by atoms with van der Waals surface area (Å²) in [6, 6.07) is 17.2. The Morgan fingerprint density at radius 3 is 2.21 bits per heavy atom.